The van der Waals surface area contributed by atoms with Crippen LogP contribution in [0.2, 0.25) is 0 Å². The Morgan fingerprint density at radius 3 is 2.59 bits per heavy atom. The average Bonchev–Trinajstić information content (AvgIpc) is 3.31. The van der Waals surface area contributed by atoms with Crippen LogP contribution in [0.15, 0.2) is 16.7 Å². The molecule has 2 aromatic rings. The van der Waals surface area contributed by atoms with Gasteiger partial charge in [-0.15, -0.1) is 0 Å². The smallest absolute Gasteiger partial charge is 0.273 e. The Balaban J connectivity index is 1.52. The standard InChI is InChI=1S/C21H31N5O3/c1-5-26-19(12-17(23-26)10-14(2)3)21(28)25-8-6-16(7-9-25)13-22-20(27)18-11-15(4)29-24-18/h11-12,14,16H,5-10,13H2,1-4H3,(H,22,27). The van der Waals surface area contributed by atoms with E-state index in [2.05, 4.69) is 29.4 Å². The fourth-order valence-corrected chi connectivity index (χ4v) is 3.70. The summed E-state index contributed by atoms with van der Waals surface area (Å²) in [5.41, 5.74) is 1.96. The van der Waals surface area contributed by atoms with Crippen LogP contribution < -0.4 is 5.32 Å². The maximum Gasteiger partial charge on any atom is 0.273 e. The highest BCUT2D eigenvalue weighted by atomic mass is 16.5. The van der Waals surface area contributed by atoms with Crippen LogP contribution in [0.1, 0.15) is 66.0 Å². The quantitative estimate of drug-likeness (QED) is 0.770. The predicted molar refractivity (Wildman–Crippen MR) is 109 cm³/mol. The van der Waals surface area contributed by atoms with Crippen molar-refractivity contribution in [2.24, 2.45) is 11.8 Å². The molecule has 1 saturated heterocycles. The van der Waals surface area contributed by atoms with Gasteiger partial charge in [0.2, 0.25) is 0 Å². The van der Waals surface area contributed by atoms with Crippen molar-refractivity contribution in [3.63, 3.8) is 0 Å². The van der Waals surface area contributed by atoms with E-state index in [0.29, 0.717) is 55.2 Å². The maximum absolute atomic E-state index is 13.0. The molecule has 0 radical (unpaired) electrons. The van der Waals surface area contributed by atoms with Crippen molar-refractivity contribution in [1.29, 1.82) is 0 Å². The molecular weight excluding hydrogens is 370 g/mol. The predicted octanol–water partition coefficient (Wildman–Crippen LogP) is 2.68. The van der Waals surface area contributed by atoms with Gasteiger partial charge in [-0.05, 0) is 51.0 Å². The molecule has 2 amide bonds. The minimum atomic E-state index is -0.218. The largest absolute Gasteiger partial charge is 0.361 e. The fraction of sp³-hybridized carbons (Fsp3) is 0.619. The molecule has 158 valence electrons. The van der Waals surface area contributed by atoms with Gasteiger partial charge in [-0.3, -0.25) is 14.3 Å². The molecule has 1 aliphatic rings. The van der Waals surface area contributed by atoms with Gasteiger partial charge < -0.3 is 14.7 Å². The van der Waals surface area contributed by atoms with Gasteiger partial charge in [0, 0.05) is 32.2 Å². The van der Waals surface area contributed by atoms with E-state index >= 15 is 0 Å². The van der Waals surface area contributed by atoms with Crippen LogP contribution in [0.4, 0.5) is 0 Å². The van der Waals surface area contributed by atoms with E-state index in [9.17, 15) is 9.59 Å². The number of nitrogens with one attached hydrogen (secondary N) is 1. The molecule has 2 aromatic heterocycles. The zero-order valence-electron chi connectivity index (χ0n) is 17.8. The number of rotatable bonds is 7. The summed E-state index contributed by atoms with van der Waals surface area (Å²) >= 11 is 0. The van der Waals surface area contributed by atoms with Crippen LogP contribution in [-0.2, 0) is 13.0 Å². The Kier molecular flexibility index (Phi) is 6.71. The summed E-state index contributed by atoms with van der Waals surface area (Å²) in [6.07, 6.45) is 2.60. The molecule has 0 saturated carbocycles. The molecule has 0 unspecified atom stereocenters. The second-order valence-corrected chi connectivity index (χ2v) is 8.20. The Bertz CT molecular complexity index is 846. The first-order chi connectivity index (χ1) is 13.9. The van der Waals surface area contributed by atoms with Crippen LogP contribution in [0.5, 0.6) is 0 Å². The van der Waals surface area contributed by atoms with E-state index < -0.39 is 0 Å². The third-order valence-corrected chi connectivity index (χ3v) is 5.28. The zero-order chi connectivity index (χ0) is 21.0. The third kappa shape index (κ3) is 5.25. The molecule has 0 aromatic carbocycles. The van der Waals surface area contributed by atoms with Crippen LogP contribution in [0.25, 0.3) is 0 Å². The minimum absolute atomic E-state index is 0.0508. The lowest BCUT2D eigenvalue weighted by molar-refractivity contribution is 0.0672. The number of hydrogen-bond donors (Lipinski definition) is 1. The molecule has 3 heterocycles. The van der Waals surface area contributed by atoms with E-state index in [0.717, 1.165) is 25.0 Å². The van der Waals surface area contributed by atoms with E-state index in [1.54, 1.807) is 13.0 Å². The highest BCUT2D eigenvalue weighted by molar-refractivity contribution is 5.93. The molecule has 1 fully saturated rings. The third-order valence-electron chi connectivity index (χ3n) is 5.28. The first kappa shape index (κ1) is 21.1. The number of likely N-dealkylation sites (tertiary alicyclic amines) is 1. The van der Waals surface area contributed by atoms with Gasteiger partial charge in [-0.1, -0.05) is 19.0 Å². The summed E-state index contributed by atoms with van der Waals surface area (Å²) in [6.45, 7) is 10.7. The zero-order valence-corrected chi connectivity index (χ0v) is 17.8. The summed E-state index contributed by atoms with van der Waals surface area (Å²) in [6, 6.07) is 3.57. The van der Waals surface area contributed by atoms with Crippen LogP contribution in [0, 0.1) is 18.8 Å². The molecule has 0 spiro atoms. The number of aryl methyl sites for hydroxylation is 2. The van der Waals surface area contributed by atoms with Crippen molar-refractivity contribution >= 4 is 11.8 Å². The van der Waals surface area contributed by atoms with Gasteiger partial charge in [-0.25, -0.2) is 0 Å². The molecular formula is C21H31N5O3. The van der Waals surface area contributed by atoms with E-state index in [1.165, 1.54) is 0 Å². The van der Waals surface area contributed by atoms with Crippen molar-refractivity contribution in [3.05, 3.63) is 35.0 Å². The molecule has 0 atom stereocenters. The van der Waals surface area contributed by atoms with Gasteiger partial charge in [0.05, 0.1) is 5.69 Å². The van der Waals surface area contributed by atoms with Crippen LogP contribution >= 0.6 is 0 Å². The first-order valence-electron chi connectivity index (χ1n) is 10.4. The van der Waals surface area contributed by atoms with Crippen LogP contribution in [0.3, 0.4) is 0 Å². The highest BCUT2D eigenvalue weighted by Gasteiger charge is 2.26. The summed E-state index contributed by atoms with van der Waals surface area (Å²) in [5.74, 6) is 1.30. The fourth-order valence-electron chi connectivity index (χ4n) is 3.70. The van der Waals surface area contributed by atoms with E-state index in [-0.39, 0.29) is 11.8 Å². The average molecular weight is 402 g/mol. The molecule has 29 heavy (non-hydrogen) atoms. The molecule has 8 nitrogen and oxygen atoms in total. The van der Waals surface area contributed by atoms with E-state index in [1.807, 2.05) is 22.6 Å². The summed E-state index contributed by atoms with van der Waals surface area (Å²) in [5, 5.41) is 11.2. The monoisotopic (exact) mass is 401 g/mol. The Hall–Kier alpha value is -2.64. The van der Waals surface area contributed by atoms with Gasteiger partial charge in [0.15, 0.2) is 5.69 Å². The Morgan fingerprint density at radius 1 is 1.28 bits per heavy atom. The second-order valence-electron chi connectivity index (χ2n) is 8.20. The van der Waals surface area contributed by atoms with Gasteiger partial charge in [0.25, 0.3) is 11.8 Å². The topological polar surface area (TPSA) is 93.3 Å². The summed E-state index contributed by atoms with van der Waals surface area (Å²) < 4.78 is 6.75. The minimum Gasteiger partial charge on any atom is -0.361 e. The number of carbonyl (C=O) groups is 2. The molecule has 0 aliphatic carbocycles. The maximum atomic E-state index is 13.0. The first-order valence-corrected chi connectivity index (χ1v) is 10.4. The molecule has 3 rings (SSSR count). The molecule has 1 N–H and O–H groups in total. The number of hydrogen-bond acceptors (Lipinski definition) is 5. The van der Waals surface area contributed by atoms with Crippen molar-refractivity contribution in [2.45, 2.75) is 53.5 Å². The molecule has 0 bridgehead atoms. The molecule has 8 heteroatoms. The lowest BCUT2D eigenvalue weighted by Crippen LogP contribution is -2.42. The van der Waals surface area contributed by atoms with Crippen LogP contribution in [-0.4, -0.2) is 51.3 Å². The number of nitrogens with zero attached hydrogens (tertiary/aromatic N) is 4. The van der Waals surface area contributed by atoms with Crippen molar-refractivity contribution in [1.82, 2.24) is 25.2 Å². The number of amides is 2. The lowest BCUT2D eigenvalue weighted by atomic mass is 9.96. The molecule has 1 aliphatic heterocycles. The van der Waals surface area contributed by atoms with E-state index in [4.69, 9.17) is 4.52 Å². The lowest BCUT2D eigenvalue weighted by Gasteiger charge is -2.32. The van der Waals surface area contributed by atoms with Gasteiger partial charge in [0.1, 0.15) is 11.5 Å². The second kappa shape index (κ2) is 9.24. The number of aromatic nitrogens is 3. The Labute approximate surface area is 171 Å². The van der Waals surface area contributed by atoms with Gasteiger partial charge >= 0.3 is 0 Å². The van der Waals surface area contributed by atoms with Gasteiger partial charge in [-0.2, -0.15) is 5.10 Å². The summed E-state index contributed by atoms with van der Waals surface area (Å²) in [7, 11) is 0. The van der Waals surface area contributed by atoms with Crippen molar-refractivity contribution in [3.8, 4) is 0 Å². The normalized spacial score (nSPS) is 15.1. The van der Waals surface area contributed by atoms with Crippen molar-refractivity contribution in [2.75, 3.05) is 19.6 Å². The summed E-state index contributed by atoms with van der Waals surface area (Å²) in [4.78, 5) is 27.0. The van der Waals surface area contributed by atoms with Crippen molar-refractivity contribution < 1.29 is 14.1 Å². The SMILES string of the molecule is CCn1nc(CC(C)C)cc1C(=O)N1CCC(CNC(=O)c2cc(C)on2)CC1. The highest BCUT2D eigenvalue weighted by Crippen LogP contribution is 2.20. The number of piperidine rings is 1. The Morgan fingerprint density at radius 2 is 2.00 bits per heavy atom. The number of carbonyl (C=O) groups excluding carboxylic acids is 2.